The van der Waals surface area contributed by atoms with Crippen LogP contribution in [0.5, 0.6) is 0 Å². The summed E-state index contributed by atoms with van der Waals surface area (Å²) < 4.78 is 34.6. The van der Waals surface area contributed by atoms with Gasteiger partial charge in [-0.25, -0.2) is 4.57 Å². The molecule has 2 atom stereocenters. The summed E-state index contributed by atoms with van der Waals surface area (Å²) in [4.78, 5) is 35.8. The molecule has 0 aromatic heterocycles. The average molecular weight is 1180 g/mol. The first-order valence-corrected chi connectivity index (χ1v) is 34.0. The van der Waals surface area contributed by atoms with Gasteiger partial charge < -0.3 is 18.9 Å². The van der Waals surface area contributed by atoms with E-state index in [-0.39, 0.29) is 26.1 Å². The molecule has 472 valence electrons. The van der Waals surface area contributed by atoms with Crippen molar-refractivity contribution in [2.75, 3.05) is 47.5 Å². The smallest absolute Gasteiger partial charge is 0.462 e. The minimum Gasteiger partial charge on any atom is -0.462 e. The lowest BCUT2D eigenvalue weighted by Gasteiger charge is -2.24. The Bertz CT molecular complexity index is 2070. The lowest BCUT2D eigenvalue weighted by atomic mass is 10.1. The molecule has 0 aromatic carbocycles. The summed E-state index contributed by atoms with van der Waals surface area (Å²) in [6, 6.07) is 0. The van der Waals surface area contributed by atoms with E-state index >= 15 is 0 Å². The van der Waals surface area contributed by atoms with Crippen molar-refractivity contribution in [3.8, 4) is 0 Å². The van der Waals surface area contributed by atoms with Crippen LogP contribution >= 0.6 is 7.82 Å². The quantitative estimate of drug-likeness (QED) is 0.0211. The van der Waals surface area contributed by atoms with E-state index < -0.39 is 32.5 Å². The van der Waals surface area contributed by atoms with Gasteiger partial charge >= 0.3 is 19.8 Å². The van der Waals surface area contributed by atoms with Crippen molar-refractivity contribution in [3.63, 3.8) is 0 Å². The van der Waals surface area contributed by atoms with Crippen molar-refractivity contribution in [3.05, 3.63) is 182 Å². The maximum atomic E-state index is 12.9. The van der Waals surface area contributed by atoms with Crippen LogP contribution < -0.4 is 0 Å². The minimum atomic E-state index is -4.41. The maximum Gasteiger partial charge on any atom is 0.472 e. The molecule has 0 heterocycles. The van der Waals surface area contributed by atoms with Crippen molar-refractivity contribution >= 4 is 19.8 Å². The van der Waals surface area contributed by atoms with E-state index in [4.69, 9.17) is 18.5 Å². The fourth-order valence-corrected chi connectivity index (χ4v) is 8.75. The molecule has 0 aliphatic rings. The number of hydrogen-bond acceptors (Lipinski definition) is 7. The normalized spacial score (nSPS) is 14.4. The Morgan fingerprint density at radius 1 is 0.369 bits per heavy atom. The molecule has 0 amide bonds. The Balaban J connectivity index is 4.25. The highest BCUT2D eigenvalue weighted by atomic mass is 31.2. The fourth-order valence-electron chi connectivity index (χ4n) is 8.01. The highest BCUT2D eigenvalue weighted by Gasteiger charge is 2.27. The lowest BCUT2D eigenvalue weighted by molar-refractivity contribution is -0.870. The number of quaternary nitrogens is 1. The van der Waals surface area contributed by atoms with Gasteiger partial charge in [-0.15, -0.1) is 0 Å². The number of hydrogen-bond donors (Lipinski definition) is 1. The van der Waals surface area contributed by atoms with Crippen LogP contribution in [0.4, 0.5) is 0 Å². The first-order chi connectivity index (χ1) is 41.0. The number of esters is 2. The number of phosphoric ester groups is 1. The number of likely N-dealkylation sites (N-methyl/N-ethyl adjacent to an activating group) is 1. The van der Waals surface area contributed by atoms with Crippen molar-refractivity contribution in [2.24, 2.45) is 0 Å². The van der Waals surface area contributed by atoms with Crippen molar-refractivity contribution in [1.29, 1.82) is 0 Å². The molecule has 0 radical (unpaired) electrons. The van der Waals surface area contributed by atoms with Gasteiger partial charge in [0.15, 0.2) is 6.10 Å². The molecule has 0 saturated carbocycles. The maximum absolute atomic E-state index is 12.9. The molecule has 9 nitrogen and oxygen atoms in total. The van der Waals surface area contributed by atoms with Crippen LogP contribution in [0.1, 0.15) is 219 Å². The lowest BCUT2D eigenvalue weighted by Crippen LogP contribution is -2.37. The topological polar surface area (TPSA) is 108 Å². The van der Waals surface area contributed by atoms with Gasteiger partial charge in [0.1, 0.15) is 19.8 Å². The predicted molar refractivity (Wildman–Crippen MR) is 362 cm³/mol. The summed E-state index contributed by atoms with van der Waals surface area (Å²) in [5, 5.41) is 0. The summed E-state index contributed by atoms with van der Waals surface area (Å²) in [5.74, 6) is -0.843. The Morgan fingerprint density at radius 3 is 0.952 bits per heavy atom. The molecule has 0 rings (SSSR count). The van der Waals surface area contributed by atoms with Gasteiger partial charge in [0.25, 0.3) is 0 Å². The number of nitrogens with zero attached hydrogens (tertiary/aromatic N) is 1. The van der Waals surface area contributed by atoms with Gasteiger partial charge in [-0.05, 0) is 135 Å². The Labute approximate surface area is 514 Å². The van der Waals surface area contributed by atoms with E-state index in [0.717, 1.165) is 161 Å². The summed E-state index contributed by atoms with van der Waals surface area (Å²) in [5.41, 5.74) is 0. The molecule has 10 heteroatoms. The number of carbonyl (C=O) groups excluding carboxylic acids is 2. The number of allylic oxidation sites excluding steroid dienone is 30. The van der Waals surface area contributed by atoms with Gasteiger partial charge in [-0.3, -0.25) is 18.6 Å². The second-order valence-corrected chi connectivity index (χ2v) is 23.5. The molecular formula is C74H119NO8P+. The molecular weight excluding hydrogens is 1060 g/mol. The van der Waals surface area contributed by atoms with Crippen LogP contribution in [-0.2, 0) is 32.7 Å². The van der Waals surface area contributed by atoms with E-state index in [1.54, 1.807) is 0 Å². The number of carbonyl (C=O) groups is 2. The highest BCUT2D eigenvalue weighted by molar-refractivity contribution is 7.47. The standard InChI is InChI=1S/C74H118NO8P/c1-6-8-10-12-14-16-18-20-22-24-26-28-30-32-34-36-37-39-41-43-45-47-49-51-53-55-57-59-61-63-65-67-74(77)83-72(71-82-84(78,79)81-69-68-75(3,4)5)70-80-73(76)66-64-62-60-58-56-54-52-50-48-46-44-42-40-38-35-33-31-29-27-25-23-21-19-17-15-13-11-9-7-2/h8-11,14-17,20-23,26-29,32-35,37,39-40,42-43,45-46,48-49,51,72H,6-7,12-13,18-19,24-25,30-31,36,38,41,44,47,50,52-71H2,1-5H3/p+1/b10-8-,11-9-,16-14-,17-15-,22-20-,23-21-,28-26-,29-27-,34-32-,35-33-,39-37-,42-40-,45-43-,48-46-,51-49-. The van der Waals surface area contributed by atoms with Gasteiger partial charge in [-0.1, -0.05) is 254 Å². The zero-order chi connectivity index (χ0) is 61.2. The third-order valence-electron chi connectivity index (χ3n) is 12.9. The predicted octanol–water partition coefficient (Wildman–Crippen LogP) is 21.1. The van der Waals surface area contributed by atoms with Gasteiger partial charge in [0, 0.05) is 12.8 Å². The number of ether oxygens (including phenoxy) is 2. The van der Waals surface area contributed by atoms with Gasteiger partial charge in [0.05, 0.1) is 27.7 Å². The van der Waals surface area contributed by atoms with E-state index in [2.05, 4.69) is 196 Å². The largest absolute Gasteiger partial charge is 0.472 e. The molecule has 1 N–H and O–H groups in total. The molecule has 0 bridgehead atoms. The monoisotopic (exact) mass is 1180 g/mol. The molecule has 0 aliphatic carbocycles. The minimum absolute atomic E-state index is 0.0154. The second kappa shape index (κ2) is 62.6. The number of phosphoric acid groups is 1. The van der Waals surface area contributed by atoms with Crippen LogP contribution in [0.2, 0.25) is 0 Å². The van der Waals surface area contributed by atoms with Crippen LogP contribution in [0.25, 0.3) is 0 Å². The molecule has 84 heavy (non-hydrogen) atoms. The van der Waals surface area contributed by atoms with Crippen LogP contribution in [0, 0.1) is 0 Å². The first-order valence-electron chi connectivity index (χ1n) is 32.5. The third kappa shape index (κ3) is 66.3. The Hall–Kier alpha value is -4.89. The molecule has 0 aromatic rings. The van der Waals surface area contributed by atoms with E-state index in [9.17, 15) is 19.0 Å². The van der Waals surface area contributed by atoms with Crippen LogP contribution in [0.3, 0.4) is 0 Å². The molecule has 0 fully saturated rings. The SMILES string of the molecule is CC/C=C\C/C=C\C/C=C\C/C=C\C/C=C\C/C=C\C/C=C\C/C=C\CCCCCCCCC(=O)OC(COC(=O)CCCCCCCCC/C=C\C/C=C\C/C=C\C/C=C\C/C=C\C/C=C\C/C=C\CC)COP(=O)(O)OCC[N+](C)(C)C. The van der Waals surface area contributed by atoms with Gasteiger partial charge in [-0.2, -0.15) is 0 Å². The summed E-state index contributed by atoms with van der Waals surface area (Å²) in [6.45, 7) is 4.15. The van der Waals surface area contributed by atoms with E-state index in [0.29, 0.717) is 23.9 Å². The van der Waals surface area contributed by atoms with Crippen molar-refractivity contribution < 1.29 is 42.1 Å². The second-order valence-electron chi connectivity index (χ2n) is 22.0. The van der Waals surface area contributed by atoms with Crippen LogP contribution in [0.15, 0.2) is 182 Å². The zero-order valence-corrected chi connectivity index (χ0v) is 54.4. The van der Waals surface area contributed by atoms with Gasteiger partial charge in [0.2, 0.25) is 0 Å². The zero-order valence-electron chi connectivity index (χ0n) is 53.6. The summed E-state index contributed by atoms with van der Waals surface area (Å²) in [6.07, 6.45) is 96.8. The fraction of sp³-hybridized carbons (Fsp3) is 0.568. The number of rotatable bonds is 57. The van der Waals surface area contributed by atoms with E-state index in [1.165, 1.54) is 19.3 Å². The molecule has 0 saturated heterocycles. The Morgan fingerprint density at radius 2 is 0.643 bits per heavy atom. The molecule has 0 spiro atoms. The first kappa shape index (κ1) is 79.1. The van der Waals surface area contributed by atoms with Crippen molar-refractivity contribution in [2.45, 2.75) is 225 Å². The molecule has 0 aliphatic heterocycles. The van der Waals surface area contributed by atoms with Crippen LogP contribution in [-0.4, -0.2) is 74.9 Å². The third-order valence-corrected chi connectivity index (χ3v) is 13.9. The Kier molecular flexibility index (Phi) is 59.0. The average Bonchev–Trinajstić information content (AvgIpc) is 3.61. The molecule has 2 unspecified atom stereocenters. The summed E-state index contributed by atoms with van der Waals surface area (Å²) in [7, 11) is 1.43. The number of unbranched alkanes of at least 4 members (excludes halogenated alkanes) is 13. The highest BCUT2D eigenvalue weighted by Crippen LogP contribution is 2.43. The van der Waals surface area contributed by atoms with E-state index in [1.807, 2.05) is 21.1 Å². The van der Waals surface area contributed by atoms with Crippen molar-refractivity contribution in [1.82, 2.24) is 0 Å². The summed E-state index contributed by atoms with van der Waals surface area (Å²) >= 11 is 0.